The number of alkyl halides is 6. The number of nitrogens with zero attached hydrogens (tertiary/aromatic N) is 3. The van der Waals surface area contributed by atoms with Crippen LogP contribution in [-0.2, 0) is 12.4 Å². The van der Waals surface area contributed by atoms with Crippen LogP contribution in [0.1, 0.15) is 37.7 Å². The molecule has 0 spiro atoms. The second-order valence-electron chi connectivity index (χ2n) is 7.07. The van der Waals surface area contributed by atoms with Gasteiger partial charge in [-0.1, -0.05) is 6.07 Å². The third kappa shape index (κ3) is 4.31. The molecule has 34 heavy (non-hydrogen) atoms. The molecule has 4 rings (SSSR count). The predicted octanol–water partition coefficient (Wildman–Crippen LogP) is 6.02. The van der Waals surface area contributed by atoms with Gasteiger partial charge in [-0.2, -0.15) is 36.3 Å². The number of aromatic nitrogens is 2. The molecule has 6 nitrogen and oxygen atoms in total. The Morgan fingerprint density at radius 1 is 0.882 bits per heavy atom. The highest BCUT2D eigenvalue weighted by Crippen LogP contribution is 2.37. The molecular formula is C21H10F6IN3O3. The second-order valence-corrected chi connectivity index (χ2v) is 8.24. The van der Waals surface area contributed by atoms with Crippen LogP contribution in [0.2, 0.25) is 0 Å². The number of halogens is 7. The van der Waals surface area contributed by atoms with E-state index in [2.05, 4.69) is 9.97 Å². The normalized spacial score (nSPS) is 13.9. The maximum atomic E-state index is 13.0. The van der Waals surface area contributed by atoms with Gasteiger partial charge in [0.1, 0.15) is 5.75 Å². The van der Waals surface area contributed by atoms with Crippen LogP contribution in [0.5, 0.6) is 11.8 Å². The number of imide groups is 1. The number of aryl methyl sites for hydroxylation is 1. The van der Waals surface area contributed by atoms with Crippen LogP contribution in [0.3, 0.4) is 0 Å². The number of anilines is 1. The summed E-state index contributed by atoms with van der Waals surface area (Å²) in [5.41, 5.74) is -2.71. The molecule has 0 radical (unpaired) electrons. The number of ether oxygens (including phenoxy) is 1. The van der Waals surface area contributed by atoms with Gasteiger partial charge in [0.15, 0.2) is 11.4 Å². The summed E-state index contributed by atoms with van der Waals surface area (Å²) in [4.78, 5) is 32.6. The highest BCUT2D eigenvalue weighted by molar-refractivity contribution is 14.1. The summed E-state index contributed by atoms with van der Waals surface area (Å²) in [6.07, 6.45) is -10.3. The predicted molar refractivity (Wildman–Crippen MR) is 114 cm³/mol. The van der Waals surface area contributed by atoms with Crippen molar-refractivity contribution in [3.05, 3.63) is 74.1 Å². The quantitative estimate of drug-likeness (QED) is 0.211. The number of hydrogen-bond acceptors (Lipinski definition) is 5. The molecule has 3 aromatic rings. The second kappa shape index (κ2) is 8.21. The molecule has 2 aromatic carbocycles. The zero-order valence-electron chi connectivity index (χ0n) is 16.8. The summed E-state index contributed by atoms with van der Waals surface area (Å²) < 4.78 is 83.6. The lowest BCUT2D eigenvalue weighted by atomic mass is 10.1. The Morgan fingerprint density at radius 3 is 2.03 bits per heavy atom. The van der Waals surface area contributed by atoms with E-state index in [1.54, 1.807) is 12.1 Å². The third-order valence-electron chi connectivity index (χ3n) is 4.77. The highest BCUT2D eigenvalue weighted by atomic mass is 127. The summed E-state index contributed by atoms with van der Waals surface area (Å²) in [5, 5.41) is 0. The van der Waals surface area contributed by atoms with Crippen molar-refractivity contribution in [2.75, 3.05) is 4.90 Å². The summed E-state index contributed by atoms with van der Waals surface area (Å²) in [7, 11) is 0. The van der Waals surface area contributed by atoms with E-state index in [1.807, 2.05) is 22.6 Å². The van der Waals surface area contributed by atoms with Crippen LogP contribution in [-0.4, -0.2) is 21.8 Å². The average Bonchev–Trinajstić information content (AvgIpc) is 2.98. The van der Waals surface area contributed by atoms with Crippen molar-refractivity contribution in [1.82, 2.24) is 9.97 Å². The van der Waals surface area contributed by atoms with Gasteiger partial charge in [0.25, 0.3) is 11.8 Å². The van der Waals surface area contributed by atoms with Crippen LogP contribution in [0.15, 0.2) is 42.5 Å². The molecule has 176 valence electrons. The maximum Gasteiger partial charge on any atom is 0.433 e. The van der Waals surface area contributed by atoms with Gasteiger partial charge in [-0.25, -0.2) is 4.90 Å². The van der Waals surface area contributed by atoms with Crippen LogP contribution in [0.4, 0.5) is 32.0 Å². The van der Waals surface area contributed by atoms with E-state index in [1.165, 1.54) is 31.2 Å². The van der Waals surface area contributed by atoms with E-state index in [0.29, 0.717) is 9.13 Å². The minimum Gasteiger partial charge on any atom is -0.424 e. The van der Waals surface area contributed by atoms with Crippen LogP contribution >= 0.6 is 22.6 Å². The molecule has 0 N–H and O–H groups in total. The SMILES string of the molecule is Cc1cc(Oc2nc(C(F)(F)F)cc(C(F)(F)F)n2)ccc1N1C(=O)c2cccc(I)c2C1=O. The molecule has 0 fully saturated rings. The Hall–Kier alpha value is -3.23. The Bertz CT molecular complexity index is 1310. The fourth-order valence-electron chi connectivity index (χ4n) is 3.27. The lowest BCUT2D eigenvalue weighted by Gasteiger charge is -2.18. The first-order chi connectivity index (χ1) is 15.8. The van der Waals surface area contributed by atoms with Crippen molar-refractivity contribution in [2.45, 2.75) is 19.3 Å². The largest absolute Gasteiger partial charge is 0.433 e. The topological polar surface area (TPSA) is 72.4 Å². The Labute approximate surface area is 200 Å². The van der Waals surface area contributed by atoms with Gasteiger partial charge < -0.3 is 4.74 Å². The molecule has 1 aromatic heterocycles. The van der Waals surface area contributed by atoms with Crippen molar-refractivity contribution < 1.29 is 40.7 Å². The van der Waals surface area contributed by atoms with E-state index >= 15 is 0 Å². The summed E-state index contributed by atoms with van der Waals surface area (Å²) in [6.45, 7) is 1.49. The molecular weight excluding hydrogens is 583 g/mol. The van der Waals surface area contributed by atoms with E-state index in [4.69, 9.17) is 4.74 Å². The monoisotopic (exact) mass is 593 g/mol. The van der Waals surface area contributed by atoms with Gasteiger partial charge >= 0.3 is 18.4 Å². The molecule has 0 bridgehead atoms. The molecule has 13 heteroatoms. The third-order valence-corrected chi connectivity index (χ3v) is 5.67. The van der Waals surface area contributed by atoms with Gasteiger partial charge in [0.2, 0.25) is 0 Å². The van der Waals surface area contributed by atoms with Gasteiger partial charge in [-0.05, 0) is 65.4 Å². The van der Waals surface area contributed by atoms with Gasteiger partial charge in [0.05, 0.1) is 16.8 Å². The maximum absolute atomic E-state index is 13.0. The molecule has 0 atom stereocenters. The van der Waals surface area contributed by atoms with Gasteiger partial charge in [-0.3, -0.25) is 9.59 Å². The molecule has 0 saturated heterocycles. The fraction of sp³-hybridized carbons (Fsp3) is 0.143. The fourth-order valence-corrected chi connectivity index (χ4v) is 4.00. The van der Waals surface area contributed by atoms with E-state index < -0.39 is 41.6 Å². The van der Waals surface area contributed by atoms with Crippen LogP contribution in [0, 0.1) is 10.5 Å². The molecule has 1 aliphatic heterocycles. The Morgan fingerprint density at radius 2 is 1.50 bits per heavy atom. The van der Waals surface area contributed by atoms with Gasteiger partial charge in [-0.15, -0.1) is 0 Å². The molecule has 0 aliphatic carbocycles. The molecule has 2 amide bonds. The standard InChI is InChI=1S/C21H10F6IN3O3/c1-9-7-10(34-19-29-14(20(22,23)24)8-15(30-19)21(25,26)27)5-6-13(9)31-17(32)11-3-2-4-12(28)16(11)18(31)33/h2-8H,1H3. The van der Waals surface area contributed by atoms with E-state index in [-0.39, 0.29) is 28.6 Å². The van der Waals surface area contributed by atoms with Crippen molar-refractivity contribution >= 4 is 40.1 Å². The van der Waals surface area contributed by atoms with E-state index in [9.17, 15) is 35.9 Å². The highest BCUT2D eigenvalue weighted by Gasteiger charge is 2.40. The first-order valence-electron chi connectivity index (χ1n) is 9.26. The zero-order chi connectivity index (χ0) is 25.0. The number of carbonyl (C=O) groups excluding carboxylic acids is 2. The lowest BCUT2D eigenvalue weighted by Crippen LogP contribution is -2.30. The minimum absolute atomic E-state index is 0.176. The molecule has 1 aliphatic rings. The molecule has 0 unspecified atom stereocenters. The number of benzene rings is 2. The molecule has 2 heterocycles. The number of amides is 2. The van der Waals surface area contributed by atoms with Crippen molar-refractivity contribution in [3.63, 3.8) is 0 Å². The summed E-state index contributed by atoms with van der Waals surface area (Å²) in [6, 6.07) is 7.13. The Kier molecular flexibility index (Phi) is 5.78. The Balaban J connectivity index is 1.68. The minimum atomic E-state index is -5.16. The average molecular weight is 593 g/mol. The first kappa shape index (κ1) is 23.9. The van der Waals surface area contributed by atoms with Crippen LogP contribution in [0.25, 0.3) is 0 Å². The number of carbonyl (C=O) groups is 2. The van der Waals surface area contributed by atoms with E-state index in [0.717, 1.165) is 4.90 Å². The lowest BCUT2D eigenvalue weighted by molar-refractivity contribution is -0.148. The number of hydrogen-bond donors (Lipinski definition) is 0. The number of rotatable bonds is 3. The molecule has 0 saturated carbocycles. The van der Waals surface area contributed by atoms with Gasteiger partial charge in [0, 0.05) is 9.64 Å². The number of fused-ring (bicyclic) bond motifs is 1. The van der Waals surface area contributed by atoms with Crippen LogP contribution < -0.4 is 9.64 Å². The first-order valence-corrected chi connectivity index (χ1v) is 10.3. The summed E-state index contributed by atoms with van der Waals surface area (Å²) >= 11 is 1.93. The van der Waals surface area contributed by atoms with Crippen molar-refractivity contribution in [3.8, 4) is 11.8 Å². The smallest absolute Gasteiger partial charge is 0.424 e. The summed E-state index contributed by atoms with van der Waals surface area (Å²) in [5.74, 6) is -1.32. The van der Waals surface area contributed by atoms with Crippen molar-refractivity contribution in [2.24, 2.45) is 0 Å². The zero-order valence-corrected chi connectivity index (χ0v) is 18.9. The van der Waals surface area contributed by atoms with Crippen molar-refractivity contribution in [1.29, 1.82) is 0 Å².